The van der Waals surface area contributed by atoms with Crippen LogP contribution in [0.1, 0.15) is 45.6 Å². The zero-order chi connectivity index (χ0) is 13.9. The SMILES string of the molecule is CC(C)(C)c1ccc(NCCC(=O)NC2CC2)nc1. The van der Waals surface area contributed by atoms with E-state index < -0.39 is 0 Å². The molecular weight excluding hydrogens is 238 g/mol. The molecule has 19 heavy (non-hydrogen) atoms. The van der Waals surface area contributed by atoms with Crippen LogP contribution >= 0.6 is 0 Å². The molecule has 2 N–H and O–H groups in total. The van der Waals surface area contributed by atoms with Gasteiger partial charge in [0.15, 0.2) is 0 Å². The number of nitrogens with one attached hydrogen (secondary N) is 2. The second-order valence-corrected chi connectivity index (χ2v) is 6.20. The number of hydrogen-bond donors (Lipinski definition) is 2. The van der Waals surface area contributed by atoms with Gasteiger partial charge in [-0.25, -0.2) is 4.98 Å². The van der Waals surface area contributed by atoms with E-state index in [0.717, 1.165) is 18.7 Å². The lowest BCUT2D eigenvalue weighted by molar-refractivity contribution is -0.120. The van der Waals surface area contributed by atoms with Crippen LogP contribution in [0.25, 0.3) is 0 Å². The summed E-state index contributed by atoms with van der Waals surface area (Å²) in [4.78, 5) is 15.9. The van der Waals surface area contributed by atoms with Gasteiger partial charge in [0.2, 0.25) is 5.91 Å². The van der Waals surface area contributed by atoms with Gasteiger partial charge in [-0.3, -0.25) is 4.79 Å². The minimum absolute atomic E-state index is 0.121. The molecule has 0 aromatic carbocycles. The van der Waals surface area contributed by atoms with Gasteiger partial charge in [0.05, 0.1) is 0 Å². The monoisotopic (exact) mass is 261 g/mol. The number of pyridine rings is 1. The third-order valence-corrected chi connectivity index (χ3v) is 3.23. The van der Waals surface area contributed by atoms with Crippen molar-refractivity contribution in [1.29, 1.82) is 0 Å². The van der Waals surface area contributed by atoms with Crippen molar-refractivity contribution in [2.75, 3.05) is 11.9 Å². The van der Waals surface area contributed by atoms with Gasteiger partial charge in [-0.2, -0.15) is 0 Å². The highest BCUT2D eigenvalue weighted by Gasteiger charge is 2.22. The quantitative estimate of drug-likeness (QED) is 0.856. The number of aromatic nitrogens is 1. The van der Waals surface area contributed by atoms with Crippen LogP contribution in [0.15, 0.2) is 18.3 Å². The van der Waals surface area contributed by atoms with E-state index in [4.69, 9.17) is 0 Å². The third kappa shape index (κ3) is 4.54. The summed E-state index contributed by atoms with van der Waals surface area (Å²) in [6.45, 7) is 7.12. The number of carbonyl (C=O) groups is 1. The van der Waals surface area contributed by atoms with Gasteiger partial charge in [0.1, 0.15) is 5.82 Å². The van der Waals surface area contributed by atoms with E-state index in [1.165, 1.54) is 5.56 Å². The van der Waals surface area contributed by atoms with Crippen LogP contribution in [0.5, 0.6) is 0 Å². The first-order chi connectivity index (χ1) is 8.95. The van der Waals surface area contributed by atoms with Crippen LogP contribution < -0.4 is 10.6 Å². The molecule has 0 bridgehead atoms. The maximum Gasteiger partial charge on any atom is 0.221 e. The first kappa shape index (κ1) is 13.8. The zero-order valence-corrected chi connectivity index (χ0v) is 12.0. The molecule has 1 amide bonds. The zero-order valence-electron chi connectivity index (χ0n) is 12.0. The molecule has 2 rings (SSSR count). The molecular formula is C15H23N3O. The standard InChI is InChI=1S/C15H23N3O/c1-15(2,3)11-4-7-13(17-10-11)16-9-8-14(19)18-12-5-6-12/h4,7,10,12H,5-6,8-9H2,1-3H3,(H,16,17)(H,18,19). The van der Waals surface area contributed by atoms with Gasteiger partial charge in [-0.15, -0.1) is 0 Å². The van der Waals surface area contributed by atoms with E-state index in [9.17, 15) is 4.79 Å². The van der Waals surface area contributed by atoms with Crippen molar-refractivity contribution < 1.29 is 4.79 Å². The van der Waals surface area contributed by atoms with Crippen LogP contribution in [-0.4, -0.2) is 23.5 Å². The fraction of sp³-hybridized carbons (Fsp3) is 0.600. The molecule has 0 unspecified atom stereocenters. The predicted molar refractivity (Wildman–Crippen MR) is 77.2 cm³/mol. The molecule has 0 atom stereocenters. The first-order valence-corrected chi connectivity index (χ1v) is 6.95. The Bertz CT molecular complexity index is 430. The van der Waals surface area contributed by atoms with Crippen molar-refractivity contribution in [1.82, 2.24) is 10.3 Å². The lowest BCUT2D eigenvalue weighted by atomic mass is 9.88. The summed E-state index contributed by atoms with van der Waals surface area (Å²) < 4.78 is 0. The van der Waals surface area contributed by atoms with Crippen molar-refractivity contribution in [3.8, 4) is 0 Å². The van der Waals surface area contributed by atoms with Gasteiger partial charge in [0.25, 0.3) is 0 Å². The number of anilines is 1. The number of carbonyl (C=O) groups excluding carboxylic acids is 1. The summed E-state index contributed by atoms with van der Waals surface area (Å²) in [6, 6.07) is 4.50. The second-order valence-electron chi connectivity index (χ2n) is 6.20. The van der Waals surface area contributed by atoms with Crippen molar-refractivity contribution in [3.63, 3.8) is 0 Å². The van der Waals surface area contributed by atoms with Crippen LogP contribution in [0.4, 0.5) is 5.82 Å². The van der Waals surface area contributed by atoms with Gasteiger partial charge < -0.3 is 10.6 Å². The maximum absolute atomic E-state index is 11.5. The smallest absolute Gasteiger partial charge is 0.221 e. The highest BCUT2D eigenvalue weighted by molar-refractivity contribution is 5.77. The van der Waals surface area contributed by atoms with Crippen molar-refractivity contribution in [2.45, 2.75) is 51.5 Å². The highest BCUT2D eigenvalue weighted by atomic mass is 16.1. The van der Waals surface area contributed by atoms with Gasteiger partial charge in [-0.1, -0.05) is 26.8 Å². The Kier molecular flexibility index (Phi) is 4.08. The summed E-state index contributed by atoms with van der Waals surface area (Å²) in [5.74, 6) is 0.952. The molecule has 1 aromatic heterocycles. The molecule has 0 aliphatic heterocycles. The van der Waals surface area contributed by atoms with Gasteiger partial charge in [0, 0.05) is 25.2 Å². The Morgan fingerprint density at radius 1 is 1.37 bits per heavy atom. The Morgan fingerprint density at radius 2 is 2.11 bits per heavy atom. The maximum atomic E-state index is 11.5. The Morgan fingerprint density at radius 3 is 2.63 bits per heavy atom. The average Bonchev–Trinajstić information content (AvgIpc) is 3.12. The molecule has 1 fully saturated rings. The molecule has 1 aromatic rings. The molecule has 4 nitrogen and oxygen atoms in total. The Hall–Kier alpha value is -1.58. The highest BCUT2D eigenvalue weighted by Crippen LogP contribution is 2.22. The summed E-state index contributed by atoms with van der Waals surface area (Å²) in [6.07, 6.45) is 4.66. The van der Waals surface area contributed by atoms with Crippen molar-refractivity contribution in [2.24, 2.45) is 0 Å². The fourth-order valence-corrected chi connectivity index (χ4v) is 1.77. The first-order valence-electron chi connectivity index (χ1n) is 6.95. The molecule has 104 valence electrons. The topological polar surface area (TPSA) is 54.0 Å². The summed E-state index contributed by atoms with van der Waals surface area (Å²) in [5, 5.41) is 6.15. The minimum atomic E-state index is 0.121. The summed E-state index contributed by atoms with van der Waals surface area (Å²) in [7, 11) is 0. The van der Waals surface area contributed by atoms with E-state index in [1.54, 1.807) is 0 Å². The third-order valence-electron chi connectivity index (χ3n) is 3.23. The van der Waals surface area contributed by atoms with Gasteiger partial charge >= 0.3 is 0 Å². The molecule has 1 heterocycles. The van der Waals surface area contributed by atoms with E-state index in [2.05, 4.69) is 42.5 Å². The predicted octanol–water partition coefficient (Wildman–Crippen LogP) is 2.46. The van der Waals surface area contributed by atoms with Crippen LogP contribution in [-0.2, 0) is 10.2 Å². The normalized spacial score (nSPS) is 15.1. The van der Waals surface area contributed by atoms with Crippen LogP contribution in [0.3, 0.4) is 0 Å². The molecule has 1 saturated carbocycles. The number of amides is 1. The lowest BCUT2D eigenvalue weighted by Gasteiger charge is -2.18. The molecule has 4 heteroatoms. The summed E-state index contributed by atoms with van der Waals surface area (Å²) in [5.41, 5.74) is 1.33. The summed E-state index contributed by atoms with van der Waals surface area (Å²) >= 11 is 0. The largest absolute Gasteiger partial charge is 0.370 e. The fourth-order valence-electron chi connectivity index (χ4n) is 1.77. The average molecular weight is 261 g/mol. The minimum Gasteiger partial charge on any atom is -0.370 e. The number of hydrogen-bond acceptors (Lipinski definition) is 3. The van der Waals surface area contributed by atoms with Crippen LogP contribution in [0, 0.1) is 0 Å². The molecule has 0 spiro atoms. The van der Waals surface area contributed by atoms with Gasteiger partial charge in [-0.05, 0) is 29.9 Å². The molecule has 1 aliphatic carbocycles. The lowest BCUT2D eigenvalue weighted by Crippen LogP contribution is -2.27. The Labute approximate surface area is 115 Å². The number of nitrogens with zero attached hydrogens (tertiary/aromatic N) is 1. The van der Waals surface area contributed by atoms with E-state index in [1.807, 2.05) is 12.3 Å². The molecule has 1 aliphatic rings. The van der Waals surface area contributed by atoms with E-state index in [0.29, 0.717) is 19.0 Å². The van der Waals surface area contributed by atoms with Crippen molar-refractivity contribution >= 4 is 11.7 Å². The van der Waals surface area contributed by atoms with Crippen molar-refractivity contribution in [3.05, 3.63) is 23.9 Å². The second kappa shape index (κ2) is 5.59. The van der Waals surface area contributed by atoms with E-state index >= 15 is 0 Å². The van der Waals surface area contributed by atoms with E-state index in [-0.39, 0.29) is 11.3 Å². The van der Waals surface area contributed by atoms with Crippen LogP contribution in [0.2, 0.25) is 0 Å². The number of rotatable bonds is 5. The molecule has 0 radical (unpaired) electrons. The Balaban J connectivity index is 1.74. The molecule has 0 saturated heterocycles.